The van der Waals surface area contributed by atoms with Crippen LogP contribution in [0.4, 0.5) is 5.82 Å². The maximum Gasteiger partial charge on any atom is 0.147 e. The summed E-state index contributed by atoms with van der Waals surface area (Å²) in [6, 6.07) is 0.529. The van der Waals surface area contributed by atoms with Gasteiger partial charge in [-0.05, 0) is 25.7 Å². The zero-order valence-corrected chi connectivity index (χ0v) is 11.1. The maximum atomic E-state index is 8.96. The fraction of sp³-hybridized carbons (Fsp3) is 0.583. The number of nitrogens with two attached hydrogens (primary N) is 1. The average molecular weight is 266 g/mol. The third-order valence-electron chi connectivity index (χ3n) is 3.26. The molecular weight excluding hydrogens is 248 g/mol. The molecule has 0 spiro atoms. The molecule has 3 N–H and O–H groups in total. The molecule has 1 aromatic heterocycles. The first-order valence-electron chi connectivity index (χ1n) is 6.21. The highest BCUT2D eigenvalue weighted by Gasteiger charge is 2.25. The van der Waals surface area contributed by atoms with Crippen LogP contribution in [0.5, 0.6) is 0 Å². The molecule has 1 aliphatic rings. The maximum absolute atomic E-state index is 8.96. The molecule has 0 radical (unpaired) electrons. The first-order valence-corrected chi connectivity index (χ1v) is 6.62. The van der Waals surface area contributed by atoms with Gasteiger partial charge in [0, 0.05) is 19.2 Å². The zero-order chi connectivity index (χ0) is 13.0. The normalized spacial score (nSPS) is 15.2. The smallest absolute Gasteiger partial charge is 0.147 e. The van der Waals surface area contributed by atoms with Gasteiger partial charge in [0.1, 0.15) is 16.5 Å². The number of hydrogen-bond acceptors (Lipinski definition) is 5. The van der Waals surface area contributed by atoms with Crippen LogP contribution in [0.15, 0.2) is 12.4 Å². The van der Waals surface area contributed by atoms with Crippen molar-refractivity contribution in [2.75, 3.05) is 18.1 Å². The summed E-state index contributed by atoms with van der Waals surface area (Å²) >= 11 is 4.86. The van der Waals surface area contributed by atoms with Crippen LogP contribution >= 0.6 is 12.2 Å². The minimum absolute atomic E-state index is 0.196. The van der Waals surface area contributed by atoms with Gasteiger partial charge in [-0.2, -0.15) is 0 Å². The van der Waals surface area contributed by atoms with Gasteiger partial charge < -0.3 is 15.7 Å². The Morgan fingerprint density at radius 1 is 1.44 bits per heavy atom. The van der Waals surface area contributed by atoms with Gasteiger partial charge in [0.25, 0.3) is 0 Å². The molecule has 0 saturated heterocycles. The van der Waals surface area contributed by atoms with Crippen LogP contribution in [0.3, 0.4) is 0 Å². The lowest BCUT2D eigenvalue weighted by Crippen LogP contribution is -2.41. The van der Waals surface area contributed by atoms with Crippen LogP contribution in [0.2, 0.25) is 0 Å². The Morgan fingerprint density at radius 3 is 2.67 bits per heavy atom. The van der Waals surface area contributed by atoms with Crippen LogP contribution in [-0.2, 0) is 0 Å². The summed E-state index contributed by atoms with van der Waals surface area (Å²) in [6.07, 6.45) is 7.70. The Hall–Kier alpha value is -1.27. The third kappa shape index (κ3) is 2.94. The Labute approximate surface area is 112 Å². The third-order valence-corrected chi connectivity index (χ3v) is 3.47. The summed E-state index contributed by atoms with van der Waals surface area (Å²) < 4.78 is 0. The summed E-state index contributed by atoms with van der Waals surface area (Å²) in [7, 11) is 0. The number of hydrogen-bond donors (Lipinski definition) is 2. The van der Waals surface area contributed by atoms with E-state index in [2.05, 4.69) is 14.9 Å². The molecule has 0 aromatic carbocycles. The molecule has 1 saturated carbocycles. The van der Waals surface area contributed by atoms with Crippen LogP contribution in [0.1, 0.15) is 31.4 Å². The second-order valence-corrected chi connectivity index (χ2v) is 4.92. The Kier molecular flexibility index (Phi) is 4.43. The number of aromatic nitrogens is 2. The highest BCUT2D eigenvalue weighted by Crippen LogP contribution is 2.28. The molecule has 98 valence electrons. The molecule has 2 rings (SSSR count). The molecule has 1 heterocycles. The first-order chi connectivity index (χ1) is 8.72. The minimum atomic E-state index is 0.196. The quantitative estimate of drug-likeness (QED) is 0.744. The highest BCUT2D eigenvalue weighted by molar-refractivity contribution is 7.80. The van der Waals surface area contributed by atoms with Gasteiger partial charge in [-0.15, -0.1) is 0 Å². The predicted molar refractivity (Wildman–Crippen MR) is 74.6 cm³/mol. The average Bonchev–Trinajstić information content (AvgIpc) is 2.32. The summed E-state index contributed by atoms with van der Waals surface area (Å²) in [5.74, 6) is 0.841. The summed E-state index contributed by atoms with van der Waals surface area (Å²) in [5.41, 5.74) is 6.05. The van der Waals surface area contributed by atoms with Crippen molar-refractivity contribution in [1.29, 1.82) is 0 Å². The molecule has 18 heavy (non-hydrogen) atoms. The van der Waals surface area contributed by atoms with E-state index in [9.17, 15) is 0 Å². The van der Waals surface area contributed by atoms with E-state index >= 15 is 0 Å². The lowest BCUT2D eigenvalue weighted by atomic mass is 9.91. The van der Waals surface area contributed by atoms with E-state index < -0.39 is 0 Å². The number of aliphatic hydroxyl groups excluding tert-OH is 1. The Bertz CT molecular complexity index is 405. The van der Waals surface area contributed by atoms with Gasteiger partial charge in [-0.1, -0.05) is 12.2 Å². The van der Waals surface area contributed by atoms with Crippen molar-refractivity contribution in [1.82, 2.24) is 9.97 Å². The molecule has 0 unspecified atom stereocenters. The van der Waals surface area contributed by atoms with E-state index in [4.69, 9.17) is 23.1 Å². The lowest BCUT2D eigenvalue weighted by Gasteiger charge is -2.38. The van der Waals surface area contributed by atoms with E-state index in [0.717, 1.165) is 18.8 Å². The second kappa shape index (κ2) is 6.06. The van der Waals surface area contributed by atoms with Gasteiger partial charge in [-0.3, -0.25) is 0 Å². The van der Waals surface area contributed by atoms with Gasteiger partial charge in [0.15, 0.2) is 0 Å². The molecule has 1 aromatic rings. The molecule has 1 aliphatic carbocycles. The van der Waals surface area contributed by atoms with Crippen LogP contribution < -0.4 is 10.6 Å². The van der Waals surface area contributed by atoms with Crippen molar-refractivity contribution < 1.29 is 5.11 Å². The summed E-state index contributed by atoms with van der Waals surface area (Å²) in [5, 5.41) is 8.96. The molecular formula is C12H18N4OS. The predicted octanol–water partition coefficient (Wildman–Crippen LogP) is 0.852. The monoisotopic (exact) mass is 266 g/mol. The van der Waals surface area contributed by atoms with E-state index in [1.165, 1.54) is 19.3 Å². The van der Waals surface area contributed by atoms with Crippen LogP contribution in [0, 0.1) is 0 Å². The van der Waals surface area contributed by atoms with Crippen molar-refractivity contribution >= 4 is 23.0 Å². The van der Waals surface area contributed by atoms with Crippen LogP contribution in [-0.4, -0.2) is 39.3 Å². The number of nitrogens with zero attached hydrogens (tertiary/aromatic N) is 3. The van der Waals surface area contributed by atoms with E-state index in [0.29, 0.717) is 11.7 Å². The molecule has 0 atom stereocenters. The van der Waals surface area contributed by atoms with Gasteiger partial charge >= 0.3 is 0 Å². The van der Waals surface area contributed by atoms with Crippen LogP contribution in [0.25, 0.3) is 0 Å². The Morgan fingerprint density at radius 2 is 2.22 bits per heavy atom. The fourth-order valence-electron chi connectivity index (χ4n) is 2.02. The topological polar surface area (TPSA) is 75.3 Å². The molecule has 6 heteroatoms. The molecule has 1 fully saturated rings. The van der Waals surface area contributed by atoms with Crippen molar-refractivity contribution in [3.63, 3.8) is 0 Å². The standard InChI is InChI=1S/C12H18N4OS/c13-12(18)10-7-15-11(8-14-10)16(5-2-6-17)9-3-1-4-9/h7-9,17H,1-6H2,(H2,13,18). The molecule has 0 bridgehead atoms. The van der Waals surface area contributed by atoms with Crippen molar-refractivity contribution in [2.24, 2.45) is 5.73 Å². The summed E-state index contributed by atoms with van der Waals surface area (Å²) in [6.45, 7) is 1.00. The van der Waals surface area contributed by atoms with Gasteiger partial charge in [0.2, 0.25) is 0 Å². The van der Waals surface area contributed by atoms with Gasteiger partial charge in [-0.25, -0.2) is 9.97 Å². The number of aliphatic hydroxyl groups is 1. The number of rotatable bonds is 6. The fourth-order valence-corrected chi connectivity index (χ4v) is 2.13. The SMILES string of the molecule is NC(=S)c1cnc(N(CCCO)C2CCC2)cn1. The van der Waals surface area contributed by atoms with E-state index in [-0.39, 0.29) is 11.6 Å². The number of thiocarbonyl (C=S) groups is 1. The van der Waals surface area contributed by atoms with Crippen molar-refractivity contribution in [2.45, 2.75) is 31.7 Å². The Balaban J connectivity index is 2.11. The summed E-state index contributed by atoms with van der Waals surface area (Å²) in [4.78, 5) is 11.1. The minimum Gasteiger partial charge on any atom is -0.396 e. The first kappa shape index (κ1) is 13.2. The van der Waals surface area contributed by atoms with Gasteiger partial charge in [0.05, 0.1) is 12.4 Å². The largest absolute Gasteiger partial charge is 0.396 e. The van der Waals surface area contributed by atoms with Crippen molar-refractivity contribution in [3.05, 3.63) is 18.1 Å². The van der Waals surface area contributed by atoms with Crippen molar-refractivity contribution in [3.8, 4) is 0 Å². The molecule has 5 nitrogen and oxygen atoms in total. The second-order valence-electron chi connectivity index (χ2n) is 4.48. The molecule has 0 amide bonds. The highest BCUT2D eigenvalue weighted by atomic mass is 32.1. The zero-order valence-electron chi connectivity index (χ0n) is 10.2. The lowest BCUT2D eigenvalue weighted by molar-refractivity contribution is 0.282. The number of anilines is 1. The molecule has 0 aliphatic heterocycles. The van der Waals surface area contributed by atoms with E-state index in [1.54, 1.807) is 12.4 Å². The van der Waals surface area contributed by atoms with E-state index in [1.807, 2.05) is 0 Å².